The molecule has 0 amide bonds. The first-order valence-electron chi connectivity index (χ1n) is 9.80. The van der Waals surface area contributed by atoms with Crippen LogP contribution in [0, 0.1) is 12.3 Å². The second-order valence-corrected chi connectivity index (χ2v) is 10.1. The molecule has 166 valence electrons. The highest BCUT2D eigenvalue weighted by Crippen LogP contribution is 2.41. The van der Waals surface area contributed by atoms with Gasteiger partial charge < -0.3 is 20.6 Å². The highest BCUT2D eigenvalue weighted by molar-refractivity contribution is 9.11. The van der Waals surface area contributed by atoms with E-state index in [0.29, 0.717) is 45.6 Å². The van der Waals surface area contributed by atoms with Gasteiger partial charge in [-0.15, -0.1) is 5.10 Å². The lowest BCUT2D eigenvalue weighted by atomic mass is 9.75. The largest absolute Gasteiger partial charge is 0.453 e. The van der Waals surface area contributed by atoms with Crippen molar-refractivity contribution in [1.29, 1.82) is 0 Å². The molecule has 32 heavy (non-hydrogen) atoms. The first kappa shape index (κ1) is 22.5. The molecule has 0 atom stereocenters. The number of carbonyl (C=O) groups excluding carboxylic acids is 1. The Morgan fingerprint density at radius 1 is 1.25 bits per heavy atom. The van der Waals surface area contributed by atoms with Crippen molar-refractivity contribution in [3.8, 4) is 5.75 Å². The van der Waals surface area contributed by atoms with Gasteiger partial charge in [0.15, 0.2) is 5.75 Å². The van der Waals surface area contributed by atoms with Crippen LogP contribution in [0.15, 0.2) is 48.0 Å². The van der Waals surface area contributed by atoms with E-state index in [0.717, 1.165) is 15.4 Å². The molecule has 1 aliphatic rings. The number of guanidine groups is 1. The van der Waals surface area contributed by atoms with Crippen LogP contribution in [0.3, 0.4) is 0 Å². The molecule has 0 bridgehead atoms. The number of hydrogen-bond donors (Lipinski definition) is 2. The van der Waals surface area contributed by atoms with E-state index in [-0.39, 0.29) is 17.1 Å². The minimum Gasteiger partial charge on any atom is -0.453 e. The Labute approximate surface area is 201 Å². The normalized spacial score (nSPS) is 16.1. The molecule has 0 fully saturated rings. The fraction of sp³-hybridized carbons (Fsp3) is 0.273. The summed E-state index contributed by atoms with van der Waals surface area (Å²) in [5, 5.41) is 8.86. The molecule has 0 unspecified atom stereocenters. The van der Waals surface area contributed by atoms with Crippen LogP contribution in [0.2, 0.25) is 0 Å². The zero-order valence-corrected chi connectivity index (χ0v) is 20.9. The van der Waals surface area contributed by atoms with Crippen molar-refractivity contribution in [2.75, 3.05) is 0 Å². The van der Waals surface area contributed by atoms with Crippen molar-refractivity contribution in [1.82, 2.24) is 4.98 Å². The second-order valence-electron chi connectivity index (χ2n) is 8.40. The van der Waals surface area contributed by atoms with Gasteiger partial charge in [-0.2, -0.15) is 5.10 Å². The zero-order chi connectivity index (χ0) is 23.2. The number of nitrogens with zero attached hydrogens (tertiary/aromatic N) is 3. The standard InChI is InChI=1S/C22H21Br2N5O3/c1-10-16-14(28-29-21(25)26)8-22(2,3)9-15(16)31-18(10)20(30)32-19-13(24)7-12(23)11-5-4-6-27-17(11)19/h4-7H,8-9H2,1-3H3,(H4,25,26,29)/b28-14-. The molecule has 0 saturated heterocycles. The van der Waals surface area contributed by atoms with E-state index in [1.807, 2.05) is 18.2 Å². The van der Waals surface area contributed by atoms with E-state index in [9.17, 15) is 4.79 Å². The molecule has 0 saturated carbocycles. The minimum atomic E-state index is -0.620. The van der Waals surface area contributed by atoms with Crippen molar-refractivity contribution in [3.05, 3.63) is 56.0 Å². The van der Waals surface area contributed by atoms with Crippen LogP contribution in [0.1, 0.15) is 47.7 Å². The number of benzene rings is 1. The summed E-state index contributed by atoms with van der Waals surface area (Å²) in [7, 11) is 0. The Morgan fingerprint density at radius 3 is 2.72 bits per heavy atom. The molecule has 3 aromatic rings. The summed E-state index contributed by atoms with van der Waals surface area (Å²) < 4.78 is 13.2. The van der Waals surface area contributed by atoms with E-state index >= 15 is 0 Å². The van der Waals surface area contributed by atoms with Gasteiger partial charge in [0.2, 0.25) is 11.7 Å². The first-order chi connectivity index (χ1) is 15.1. The summed E-state index contributed by atoms with van der Waals surface area (Å²) in [4.78, 5) is 17.6. The average Bonchev–Trinajstić information content (AvgIpc) is 3.04. The van der Waals surface area contributed by atoms with E-state index in [4.69, 9.17) is 20.6 Å². The predicted octanol–water partition coefficient (Wildman–Crippen LogP) is 4.83. The summed E-state index contributed by atoms with van der Waals surface area (Å²) >= 11 is 6.98. The van der Waals surface area contributed by atoms with Crippen LogP contribution >= 0.6 is 31.9 Å². The molecule has 2 aromatic heterocycles. The maximum Gasteiger partial charge on any atom is 0.380 e. The number of esters is 1. The lowest BCUT2D eigenvalue weighted by Gasteiger charge is -2.29. The minimum absolute atomic E-state index is 0.115. The van der Waals surface area contributed by atoms with Gasteiger partial charge in [0.25, 0.3) is 0 Å². The molecule has 4 rings (SSSR count). The molecule has 1 aromatic carbocycles. The summed E-state index contributed by atoms with van der Waals surface area (Å²) in [5.74, 6) is 0.336. The van der Waals surface area contributed by atoms with Gasteiger partial charge in [-0.05, 0) is 46.8 Å². The molecule has 0 spiro atoms. The summed E-state index contributed by atoms with van der Waals surface area (Å²) in [6.45, 7) is 5.98. The number of fused-ring (bicyclic) bond motifs is 2. The van der Waals surface area contributed by atoms with Crippen LogP contribution < -0.4 is 16.2 Å². The Balaban J connectivity index is 1.77. The maximum absolute atomic E-state index is 13.2. The molecular formula is C22H21Br2N5O3. The Bertz CT molecular complexity index is 1310. The van der Waals surface area contributed by atoms with Gasteiger partial charge in [-0.25, -0.2) is 4.79 Å². The van der Waals surface area contributed by atoms with E-state index in [1.54, 1.807) is 13.1 Å². The summed E-state index contributed by atoms with van der Waals surface area (Å²) in [6, 6.07) is 5.52. The van der Waals surface area contributed by atoms with Crippen LogP contribution in [-0.2, 0) is 6.42 Å². The van der Waals surface area contributed by atoms with E-state index in [1.165, 1.54) is 0 Å². The quantitative estimate of drug-likeness (QED) is 0.155. The molecule has 0 radical (unpaired) electrons. The third kappa shape index (κ3) is 4.16. The topological polar surface area (TPSA) is 129 Å². The third-order valence-electron chi connectivity index (χ3n) is 5.21. The number of aromatic nitrogens is 1. The van der Waals surface area contributed by atoms with E-state index < -0.39 is 5.97 Å². The average molecular weight is 563 g/mol. The number of pyridine rings is 1. The number of nitrogens with two attached hydrogens (primary N) is 2. The highest BCUT2D eigenvalue weighted by Gasteiger charge is 2.36. The summed E-state index contributed by atoms with van der Waals surface area (Å²) in [6.07, 6.45) is 2.92. The lowest BCUT2D eigenvalue weighted by Crippen LogP contribution is -2.27. The van der Waals surface area contributed by atoms with Crippen LogP contribution in [0.5, 0.6) is 5.75 Å². The number of halogens is 2. The van der Waals surface area contributed by atoms with Gasteiger partial charge in [0.1, 0.15) is 11.3 Å². The molecule has 10 heteroatoms. The molecule has 8 nitrogen and oxygen atoms in total. The fourth-order valence-corrected chi connectivity index (χ4v) is 5.25. The van der Waals surface area contributed by atoms with Crippen molar-refractivity contribution >= 4 is 60.4 Å². The van der Waals surface area contributed by atoms with Gasteiger partial charge in [0, 0.05) is 33.6 Å². The number of hydrogen-bond acceptors (Lipinski definition) is 6. The lowest BCUT2D eigenvalue weighted by molar-refractivity contribution is 0.0698. The molecule has 1 aliphatic carbocycles. The number of carbonyl (C=O) groups is 1. The highest BCUT2D eigenvalue weighted by atomic mass is 79.9. The maximum atomic E-state index is 13.2. The first-order valence-corrected chi connectivity index (χ1v) is 11.4. The van der Waals surface area contributed by atoms with Crippen molar-refractivity contribution in [2.45, 2.75) is 33.6 Å². The fourth-order valence-electron chi connectivity index (χ4n) is 3.90. The van der Waals surface area contributed by atoms with Crippen molar-refractivity contribution in [3.63, 3.8) is 0 Å². The van der Waals surface area contributed by atoms with Crippen LogP contribution in [0.4, 0.5) is 0 Å². The Hall–Kier alpha value is -2.72. The van der Waals surface area contributed by atoms with Gasteiger partial charge in [0.05, 0.1) is 10.2 Å². The van der Waals surface area contributed by atoms with Crippen LogP contribution in [-0.4, -0.2) is 22.6 Å². The number of furan rings is 1. The summed E-state index contributed by atoms with van der Waals surface area (Å²) in [5.41, 5.74) is 13.4. The smallest absolute Gasteiger partial charge is 0.380 e. The predicted molar refractivity (Wildman–Crippen MR) is 130 cm³/mol. The Morgan fingerprint density at radius 2 is 2.00 bits per heavy atom. The van der Waals surface area contributed by atoms with E-state index in [2.05, 4.69) is 60.9 Å². The Kier molecular flexibility index (Phi) is 5.85. The number of rotatable bonds is 3. The van der Waals surface area contributed by atoms with Crippen LogP contribution in [0.25, 0.3) is 10.9 Å². The molecule has 0 aliphatic heterocycles. The second kappa shape index (κ2) is 8.32. The van der Waals surface area contributed by atoms with Gasteiger partial charge in [-0.3, -0.25) is 4.98 Å². The number of ether oxygens (including phenoxy) is 1. The third-order valence-corrected chi connectivity index (χ3v) is 6.46. The molecular weight excluding hydrogens is 542 g/mol. The monoisotopic (exact) mass is 561 g/mol. The molecule has 4 N–H and O–H groups in total. The van der Waals surface area contributed by atoms with Gasteiger partial charge in [-0.1, -0.05) is 35.8 Å². The molecule has 2 heterocycles. The van der Waals surface area contributed by atoms with Gasteiger partial charge >= 0.3 is 5.97 Å². The van der Waals surface area contributed by atoms with Crippen molar-refractivity contribution in [2.24, 2.45) is 27.1 Å². The SMILES string of the molecule is Cc1c(C(=O)Oc2c(Br)cc(Br)c3cccnc23)oc2c1/C(=N\N=C(N)N)CC(C)(C)C2. The zero-order valence-electron chi connectivity index (χ0n) is 17.7. The van der Waals surface area contributed by atoms with Crippen molar-refractivity contribution < 1.29 is 13.9 Å².